The zero-order chi connectivity index (χ0) is 23.2. The third kappa shape index (κ3) is 5.55. The van der Waals surface area contributed by atoms with Crippen LogP contribution in [0, 0.1) is 5.92 Å². The van der Waals surface area contributed by atoms with E-state index in [1.165, 1.54) is 0 Å². The molecule has 1 amide bonds. The number of anilines is 1. The van der Waals surface area contributed by atoms with Crippen molar-refractivity contribution in [1.29, 1.82) is 0 Å². The Bertz CT molecular complexity index is 1230. The number of hydrogen-bond acceptors (Lipinski definition) is 6. The number of likely N-dealkylation sites (tertiary alicyclic amines) is 1. The van der Waals surface area contributed by atoms with E-state index in [0.717, 1.165) is 40.4 Å². The van der Waals surface area contributed by atoms with Crippen LogP contribution in [-0.4, -0.2) is 34.0 Å². The van der Waals surface area contributed by atoms with Gasteiger partial charge in [-0.25, -0.2) is 0 Å². The molecule has 0 bridgehead atoms. The van der Waals surface area contributed by atoms with Crippen LogP contribution < -0.4 is 5.32 Å². The maximum absolute atomic E-state index is 13.2. The van der Waals surface area contributed by atoms with Gasteiger partial charge in [0.2, 0.25) is 17.6 Å². The zero-order valence-electron chi connectivity index (χ0n) is 18.8. The van der Waals surface area contributed by atoms with Gasteiger partial charge in [0.15, 0.2) is 0 Å². The Morgan fingerprint density at radius 3 is 2.56 bits per heavy atom. The molecule has 3 aromatic carbocycles. The first-order valence-corrected chi connectivity index (χ1v) is 12.3. The van der Waals surface area contributed by atoms with Gasteiger partial charge in [0, 0.05) is 21.9 Å². The van der Waals surface area contributed by atoms with E-state index < -0.39 is 0 Å². The molecule has 1 aromatic heterocycles. The van der Waals surface area contributed by atoms with Gasteiger partial charge in [0.25, 0.3) is 0 Å². The standard InChI is InChI=1S/C27H26N4O2S/c32-27(28-23-15-7-8-16-24(23)34-22-13-5-2-6-14-22)21-12-9-17-31(18-21)19-25-29-26(30-33-25)20-10-3-1-4-11-20/h1-8,10-11,13-16,21H,9,12,17-19H2,(H,28,32). The van der Waals surface area contributed by atoms with Crippen molar-refractivity contribution in [2.24, 2.45) is 5.92 Å². The van der Waals surface area contributed by atoms with Crippen LogP contribution in [0.25, 0.3) is 11.4 Å². The van der Waals surface area contributed by atoms with Crippen LogP contribution in [0.2, 0.25) is 0 Å². The Morgan fingerprint density at radius 2 is 1.74 bits per heavy atom. The van der Waals surface area contributed by atoms with Crippen molar-refractivity contribution in [3.8, 4) is 11.4 Å². The molecule has 2 heterocycles. The van der Waals surface area contributed by atoms with Crippen LogP contribution in [-0.2, 0) is 11.3 Å². The fourth-order valence-electron chi connectivity index (χ4n) is 4.14. The molecule has 34 heavy (non-hydrogen) atoms. The molecular formula is C27H26N4O2S. The molecule has 1 fully saturated rings. The van der Waals surface area contributed by atoms with E-state index in [4.69, 9.17) is 4.52 Å². The van der Waals surface area contributed by atoms with Crippen molar-refractivity contribution in [3.05, 3.63) is 90.8 Å². The summed E-state index contributed by atoms with van der Waals surface area (Å²) >= 11 is 1.65. The minimum absolute atomic E-state index is 0.0568. The van der Waals surface area contributed by atoms with Gasteiger partial charge in [-0.3, -0.25) is 9.69 Å². The topological polar surface area (TPSA) is 71.3 Å². The van der Waals surface area contributed by atoms with Gasteiger partial charge in [0.1, 0.15) is 0 Å². The Balaban J connectivity index is 1.21. The summed E-state index contributed by atoms with van der Waals surface area (Å²) in [5, 5.41) is 7.28. The molecule has 7 heteroatoms. The number of amides is 1. The number of rotatable bonds is 7. The van der Waals surface area contributed by atoms with E-state index in [1.807, 2.05) is 72.8 Å². The summed E-state index contributed by atoms with van der Waals surface area (Å²) < 4.78 is 5.48. The molecule has 1 unspecified atom stereocenters. The summed E-state index contributed by atoms with van der Waals surface area (Å²) in [6.45, 7) is 2.13. The lowest BCUT2D eigenvalue weighted by Gasteiger charge is -2.31. The van der Waals surface area contributed by atoms with E-state index in [-0.39, 0.29) is 11.8 Å². The smallest absolute Gasteiger partial charge is 0.241 e. The van der Waals surface area contributed by atoms with Crippen molar-refractivity contribution in [2.45, 2.75) is 29.2 Å². The van der Waals surface area contributed by atoms with Gasteiger partial charge in [0.05, 0.1) is 18.2 Å². The second-order valence-electron chi connectivity index (χ2n) is 8.35. The normalized spacial score (nSPS) is 16.3. The SMILES string of the molecule is O=C(Nc1ccccc1Sc1ccccc1)C1CCCN(Cc2nc(-c3ccccc3)no2)C1. The first kappa shape index (κ1) is 22.4. The Labute approximate surface area is 203 Å². The lowest BCUT2D eigenvalue weighted by molar-refractivity contribution is -0.121. The lowest BCUT2D eigenvalue weighted by atomic mass is 9.97. The highest BCUT2D eigenvalue weighted by molar-refractivity contribution is 7.99. The lowest BCUT2D eigenvalue weighted by Crippen LogP contribution is -2.40. The first-order chi connectivity index (χ1) is 16.7. The van der Waals surface area contributed by atoms with Gasteiger partial charge in [-0.1, -0.05) is 77.6 Å². The zero-order valence-corrected chi connectivity index (χ0v) is 19.6. The number of benzene rings is 3. The number of nitrogens with zero attached hydrogens (tertiary/aromatic N) is 3. The fraction of sp³-hybridized carbons (Fsp3) is 0.222. The predicted octanol–water partition coefficient (Wildman–Crippen LogP) is 5.74. The molecule has 172 valence electrons. The molecule has 0 saturated carbocycles. The van der Waals surface area contributed by atoms with Crippen molar-refractivity contribution in [3.63, 3.8) is 0 Å². The van der Waals surface area contributed by atoms with Crippen molar-refractivity contribution in [2.75, 3.05) is 18.4 Å². The minimum Gasteiger partial charge on any atom is -0.338 e. The Kier molecular flexibility index (Phi) is 7.02. The van der Waals surface area contributed by atoms with E-state index in [2.05, 4.69) is 32.5 Å². The highest BCUT2D eigenvalue weighted by atomic mass is 32.2. The first-order valence-electron chi connectivity index (χ1n) is 11.5. The maximum Gasteiger partial charge on any atom is 0.241 e. The summed E-state index contributed by atoms with van der Waals surface area (Å²) in [4.78, 5) is 22.1. The third-order valence-corrected chi connectivity index (χ3v) is 6.93. The molecular weight excluding hydrogens is 444 g/mol. The highest BCUT2D eigenvalue weighted by Gasteiger charge is 2.27. The van der Waals surface area contributed by atoms with Crippen LogP contribution in [0.4, 0.5) is 5.69 Å². The monoisotopic (exact) mass is 470 g/mol. The second-order valence-corrected chi connectivity index (χ2v) is 9.47. The summed E-state index contributed by atoms with van der Waals surface area (Å²) in [5.41, 5.74) is 1.78. The van der Waals surface area contributed by atoms with E-state index >= 15 is 0 Å². The maximum atomic E-state index is 13.2. The number of para-hydroxylation sites is 1. The summed E-state index contributed by atoms with van der Waals surface area (Å²) in [6.07, 6.45) is 1.83. The van der Waals surface area contributed by atoms with Gasteiger partial charge in [-0.05, 0) is 43.7 Å². The van der Waals surface area contributed by atoms with Crippen LogP contribution in [0.15, 0.2) is 99.2 Å². The van der Waals surface area contributed by atoms with Crippen LogP contribution >= 0.6 is 11.8 Å². The molecule has 1 aliphatic heterocycles. The van der Waals surface area contributed by atoms with Gasteiger partial charge >= 0.3 is 0 Å². The molecule has 1 atom stereocenters. The average Bonchev–Trinajstić information content (AvgIpc) is 3.35. The van der Waals surface area contributed by atoms with E-state index in [0.29, 0.717) is 24.8 Å². The molecule has 0 aliphatic carbocycles. The van der Waals surface area contributed by atoms with Crippen LogP contribution in [0.5, 0.6) is 0 Å². The molecule has 4 aromatic rings. The predicted molar refractivity (Wildman–Crippen MR) is 133 cm³/mol. The number of hydrogen-bond donors (Lipinski definition) is 1. The fourth-order valence-corrected chi connectivity index (χ4v) is 5.06. The van der Waals surface area contributed by atoms with Crippen molar-refractivity contribution >= 4 is 23.4 Å². The summed E-state index contributed by atoms with van der Waals surface area (Å²) in [7, 11) is 0. The molecule has 1 N–H and O–H groups in total. The van der Waals surface area contributed by atoms with Crippen molar-refractivity contribution in [1.82, 2.24) is 15.0 Å². The second kappa shape index (κ2) is 10.7. The molecule has 1 saturated heterocycles. The molecule has 0 radical (unpaired) electrons. The number of aromatic nitrogens is 2. The van der Waals surface area contributed by atoms with Gasteiger partial charge < -0.3 is 9.84 Å². The highest BCUT2D eigenvalue weighted by Crippen LogP contribution is 2.33. The largest absolute Gasteiger partial charge is 0.338 e. The molecule has 6 nitrogen and oxygen atoms in total. The van der Waals surface area contributed by atoms with E-state index in [1.54, 1.807) is 11.8 Å². The van der Waals surface area contributed by atoms with Gasteiger partial charge in [-0.2, -0.15) is 4.98 Å². The summed E-state index contributed by atoms with van der Waals surface area (Å²) in [5.74, 6) is 1.14. The molecule has 0 spiro atoms. The number of carbonyl (C=O) groups excluding carboxylic acids is 1. The Hall–Kier alpha value is -3.42. The third-order valence-electron chi connectivity index (χ3n) is 5.85. The Morgan fingerprint density at radius 1 is 1.00 bits per heavy atom. The minimum atomic E-state index is -0.0833. The van der Waals surface area contributed by atoms with E-state index in [9.17, 15) is 4.79 Å². The number of carbonyl (C=O) groups is 1. The van der Waals surface area contributed by atoms with Crippen molar-refractivity contribution < 1.29 is 9.32 Å². The van der Waals surface area contributed by atoms with Crippen LogP contribution in [0.1, 0.15) is 18.7 Å². The number of piperidine rings is 1. The quantitative estimate of drug-likeness (QED) is 0.371. The molecule has 5 rings (SSSR count). The van der Waals surface area contributed by atoms with Crippen LogP contribution in [0.3, 0.4) is 0 Å². The molecule has 1 aliphatic rings. The summed E-state index contributed by atoms with van der Waals surface area (Å²) in [6, 6.07) is 27.9. The average molecular weight is 471 g/mol. The van der Waals surface area contributed by atoms with Gasteiger partial charge in [-0.15, -0.1) is 0 Å². The number of nitrogens with one attached hydrogen (secondary N) is 1.